The van der Waals surface area contributed by atoms with E-state index < -0.39 is 16.0 Å². The quantitative estimate of drug-likeness (QED) is 0.848. The van der Waals surface area contributed by atoms with Crippen molar-refractivity contribution in [1.29, 1.82) is 0 Å². The second-order valence-electron chi connectivity index (χ2n) is 3.51. The number of sulfonamides is 1. The molecule has 0 aliphatic carbocycles. The van der Waals surface area contributed by atoms with Gasteiger partial charge in [-0.1, -0.05) is 0 Å². The zero-order valence-corrected chi connectivity index (χ0v) is 11.6. The third kappa shape index (κ3) is 3.03. The summed E-state index contributed by atoms with van der Waals surface area (Å²) in [5.41, 5.74) is 0. The molecule has 0 saturated heterocycles. The summed E-state index contributed by atoms with van der Waals surface area (Å²) in [4.78, 5) is 11.4. The highest BCUT2D eigenvalue weighted by Gasteiger charge is 2.24. The lowest BCUT2D eigenvalue weighted by molar-refractivity contribution is 0.0602. The van der Waals surface area contributed by atoms with E-state index in [1.54, 1.807) is 12.1 Å². The summed E-state index contributed by atoms with van der Waals surface area (Å²) in [5.74, 6) is -0.188. The number of carbonyl (C=O) groups is 1. The van der Waals surface area contributed by atoms with Crippen LogP contribution >= 0.6 is 11.3 Å². The number of furan rings is 1. The Labute approximate surface area is 114 Å². The smallest absolute Gasteiger partial charge is 0.349 e. The van der Waals surface area contributed by atoms with E-state index in [4.69, 9.17) is 4.42 Å². The van der Waals surface area contributed by atoms with Gasteiger partial charge in [0.2, 0.25) is 10.0 Å². The second kappa shape index (κ2) is 5.55. The molecule has 0 unspecified atom stereocenters. The van der Waals surface area contributed by atoms with Crippen LogP contribution in [-0.2, 0) is 21.3 Å². The maximum Gasteiger partial charge on any atom is 0.349 e. The second-order valence-corrected chi connectivity index (χ2v) is 6.16. The third-order valence-electron chi connectivity index (χ3n) is 2.31. The van der Waals surface area contributed by atoms with Crippen LogP contribution in [0.15, 0.2) is 39.2 Å². The Kier molecular flexibility index (Phi) is 4.03. The number of nitrogens with one attached hydrogen (secondary N) is 1. The largest absolute Gasteiger partial charge is 0.468 e. The van der Waals surface area contributed by atoms with E-state index in [9.17, 15) is 13.2 Å². The van der Waals surface area contributed by atoms with E-state index in [2.05, 4.69) is 9.46 Å². The predicted molar refractivity (Wildman–Crippen MR) is 68.4 cm³/mol. The van der Waals surface area contributed by atoms with Crippen molar-refractivity contribution in [2.75, 3.05) is 7.11 Å². The molecule has 0 aliphatic rings. The Hall–Kier alpha value is -1.64. The first kappa shape index (κ1) is 13.8. The minimum Gasteiger partial charge on any atom is -0.468 e. The number of rotatable bonds is 5. The number of thiophene rings is 1. The molecular formula is C11H11NO5S2. The van der Waals surface area contributed by atoms with Gasteiger partial charge in [-0.3, -0.25) is 0 Å². The average molecular weight is 301 g/mol. The van der Waals surface area contributed by atoms with Crippen molar-refractivity contribution in [3.8, 4) is 0 Å². The summed E-state index contributed by atoms with van der Waals surface area (Å²) in [5, 5.41) is 1.52. The van der Waals surface area contributed by atoms with Crippen LogP contribution in [-0.4, -0.2) is 21.5 Å². The number of ether oxygens (including phenoxy) is 1. The maximum atomic E-state index is 12.1. The van der Waals surface area contributed by atoms with Crippen LogP contribution in [0.2, 0.25) is 0 Å². The molecule has 19 heavy (non-hydrogen) atoms. The summed E-state index contributed by atoms with van der Waals surface area (Å²) in [7, 11) is -2.58. The molecule has 0 fully saturated rings. The van der Waals surface area contributed by atoms with Gasteiger partial charge in [0, 0.05) is 0 Å². The first-order valence-electron chi connectivity index (χ1n) is 5.22. The van der Waals surface area contributed by atoms with Gasteiger partial charge in [0.1, 0.15) is 15.5 Å². The van der Waals surface area contributed by atoms with Gasteiger partial charge in [0.05, 0.1) is 19.9 Å². The lowest BCUT2D eigenvalue weighted by Gasteiger charge is -2.05. The molecule has 0 aromatic carbocycles. The van der Waals surface area contributed by atoms with Crippen LogP contribution in [0.25, 0.3) is 0 Å². The SMILES string of the molecule is COC(=O)c1sccc1S(=O)(=O)NCc1ccco1. The topological polar surface area (TPSA) is 85.6 Å². The fourth-order valence-corrected chi connectivity index (χ4v) is 3.73. The summed E-state index contributed by atoms with van der Waals surface area (Å²) >= 11 is 1.02. The molecular weight excluding hydrogens is 290 g/mol. The molecule has 6 nitrogen and oxygen atoms in total. The van der Waals surface area contributed by atoms with E-state index in [1.165, 1.54) is 24.8 Å². The zero-order valence-electron chi connectivity index (χ0n) is 9.95. The highest BCUT2D eigenvalue weighted by atomic mass is 32.2. The van der Waals surface area contributed by atoms with Crippen molar-refractivity contribution in [2.24, 2.45) is 0 Å². The van der Waals surface area contributed by atoms with Crippen molar-refractivity contribution < 1.29 is 22.4 Å². The minimum atomic E-state index is -3.78. The minimum absolute atomic E-state index is 0.0196. The average Bonchev–Trinajstić information content (AvgIpc) is 3.06. The van der Waals surface area contributed by atoms with E-state index in [1.807, 2.05) is 0 Å². The van der Waals surface area contributed by atoms with Crippen molar-refractivity contribution in [2.45, 2.75) is 11.4 Å². The van der Waals surface area contributed by atoms with E-state index in [0.29, 0.717) is 5.76 Å². The fourth-order valence-electron chi connectivity index (χ4n) is 1.41. The van der Waals surface area contributed by atoms with Gasteiger partial charge < -0.3 is 9.15 Å². The van der Waals surface area contributed by atoms with Crippen LogP contribution in [0.3, 0.4) is 0 Å². The Morgan fingerprint density at radius 3 is 2.89 bits per heavy atom. The Bertz CT molecular complexity index is 657. The van der Waals surface area contributed by atoms with Crippen molar-refractivity contribution in [1.82, 2.24) is 4.72 Å². The van der Waals surface area contributed by atoms with Gasteiger partial charge in [0.25, 0.3) is 0 Å². The Morgan fingerprint density at radius 2 is 2.26 bits per heavy atom. The Balaban J connectivity index is 2.20. The van der Waals surface area contributed by atoms with Gasteiger partial charge in [-0.25, -0.2) is 17.9 Å². The van der Waals surface area contributed by atoms with E-state index in [0.717, 1.165) is 11.3 Å². The Morgan fingerprint density at radius 1 is 1.47 bits per heavy atom. The molecule has 0 radical (unpaired) electrons. The summed E-state index contributed by atoms with van der Waals surface area (Å²) in [6, 6.07) is 4.67. The molecule has 0 bridgehead atoms. The molecule has 0 atom stereocenters. The number of hydrogen-bond donors (Lipinski definition) is 1. The predicted octanol–water partition coefficient (Wildman–Crippen LogP) is 1.61. The molecule has 8 heteroatoms. The van der Waals surface area contributed by atoms with Gasteiger partial charge in [-0.05, 0) is 23.6 Å². The van der Waals surface area contributed by atoms with Crippen molar-refractivity contribution >= 4 is 27.3 Å². The van der Waals surface area contributed by atoms with Crippen molar-refractivity contribution in [3.05, 3.63) is 40.5 Å². The number of methoxy groups -OCH3 is 1. The van der Waals surface area contributed by atoms with Gasteiger partial charge in [-0.2, -0.15) is 0 Å². The molecule has 0 aliphatic heterocycles. The van der Waals surface area contributed by atoms with E-state index >= 15 is 0 Å². The molecule has 0 saturated carbocycles. The maximum absolute atomic E-state index is 12.1. The van der Waals surface area contributed by atoms with Crippen LogP contribution < -0.4 is 4.72 Å². The molecule has 1 N–H and O–H groups in total. The first-order valence-corrected chi connectivity index (χ1v) is 7.59. The lowest BCUT2D eigenvalue weighted by atomic mass is 10.5. The monoisotopic (exact) mass is 301 g/mol. The zero-order chi connectivity index (χ0) is 13.9. The molecule has 102 valence electrons. The van der Waals surface area contributed by atoms with Gasteiger partial charge in [0.15, 0.2) is 0 Å². The van der Waals surface area contributed by atoms with Crippen LogP contribution in [0.4, 0.5) is 0 Å². The normalized spacial score (nSPS) is 11.4. The number of carbonyl (C=O) groups excluding carboxylic acids is 1. The third-order valence-corrected chi connectivity index (χ3v) is 4.77. The highest BCUT2D eigenvalue weighted by molar-refractivity contribution is 7.89. The molecule has 0 amide bonds. The first-order chi connectivity index (χ1) is 9.04. The molecule has 2 rings (SSSR count). The fraction of sp³-hybridized carbons (Fsp3) is 0.182. The summed E-state index contributed by atoms with van der Waals surface area (Å²) in [6.07, 6.45) is 1.45. The number of esters is 1. The van der Waals surface area contributed by atoms with Crippen molar-refractivity contribution in [3.63, 3.8) is 0 Å². The molecule has 2 aromatic heterocycles. The van der Waals surface area contributed by atoms with Crippen LogP contribution in [0, 0.1) is 0 Å². The van der Waals surface area contributed by atoms with E-state index in [-0.39, 0.29) is 16.3 Å². The van der Waals surface area contributed by atoms with Gasteiger partial charge in [-0.15, -0.1) is 11.3 Å². The summed E-state index contributed by atoms with van der Waals surface area (Å²) in [6.45, 7) is 0.0196. The highest BCUT2D eigenvalue weighted by Crippen LogP contribution is 2.22. The molecule has 0 spiro atoms. The number of hydrogen-bond acceptors (Lipinski definition) is 6. The van der Waals surface area contributed by atoms with Gasteiger partial charge >= 0.3 is 5.97 Å². The standard InChI is InChI=1S/C11H11NO5S2/c1-16-11(13)10-9(4-6-18-10)19(14,15)12-7-8-3-2-5-17-8/h2-6,12H,7H2,1H3. The molecule has 2 aromatic rings. The lowest BCUT2D eigenvalue weighted by Crippen LogP contribution is -2.24. The van der Waals surface area contributed by atoms with Crippen LogP contribution in [0.5, 0.6) is 0 Å². The van der Waals surface area contributed by atoms with Crippen LogP contribution in [0.1, 0.15) is 15.4 Å². The summed E-state index contributed by atoms with van der Waals surface area (Å²) < 4.78 is 36.1. The molecule has 2 heterocycles.